The molecular weight excluding hydrogens is 496 g/mol. The van der Waals surface area contributed by atoms with Gasteiger partial charge in [-0.1, -0.05) is 91.0 Å². The van der Waals surface area contributed by atoms with Crippen LogP contribution in [-0.2, 0) is 25.7 Å². The van der Waals surface area contributed by atoms with Gasteiger partial charge in [0, 0.05) is 6.54 Å². The van der Waals surface area contributed by atoms with E-state index in [9.17, 15) is 19.5 Å². The molecule has 0 saturated carbocycles. The smallest absolute Gasteiger partial charge is 0.307 e. The van der Waals surface area contributed by atoms with E-state index in [0.717, 1.165) is 16.7 Å². The maximum Gasteiger partial charge on any atom is 0.307 e. The minimum atomic E-state index is -0.771. The molecule has 39 heavy (non-hydrogen) atoms. The third-order valence-electron chi connectivity index (χ3n) is 5.64. The van der Waals surface area contributed by atoms with Gasteiger partial charge in [-0.2, -0.15) is 4.99 Å². The number of amidine groups is 1. The zero-order chi connectivity index (χ0) is 28.0. The van der Waals surface area contributed by atoms with Crippen molar-refractivity contribution in [2.75, 3.05) is 6.54 Å². The van der Waals surface area contributed by atoms with E-state index in [1.165, 1.54) is 6.92 Å². The highest BCUT2D eigenvalue weighted by Crippen LogP contribution is 2.22. The van der Waals surface area contributed by atoms with Crippen LogP contribution in [-0.4, -0.2) is 42.0 Å². The van der Waals surface area contributed by atoms with Crippen LogP contribution in [0.15, 0.2) is 112 Å². The van der Waals surface area contributed by atoms with E-state index >= 15 is 0 Å². The number of esters is 1. The molecular formula is C30H30N4O5. The van der Waals surface area contributed by atoms with Crippen molar-refractivity contribution in [3.05, 3.63) is 119 Å². The fourth-order valence-corrected chi connectivity index (χ4v) is 3.50. The zero-order valence-corrected chi connectivity index (χ0v) is 21.5. The molecule has 3 N–H and O–H groups in total. The van der Waals surface area contributed by atoms with Crippen LogP contribution in [0.1, 0.15) is 36.1 Å². The standard InChI is InChI=1S/C30H30N4O5/c1-21(28(36)33-26(23-14-8-4-9-15-23)24-16-10-5-11-17-24)29(37)34-27(31-2)30(38)32-19-18-25(35)39-20-22-12-6-3-7-13-22/h3-17,26,37H,2,18-20H2,1H3,(H,32,38)(H,33,36)/b29-21-,34-27-. The summed E-state index contributed by atoms with van der Waals surface area (Å²) < 4.78 is 5.17. The van der Waals surface area contributed by atoms with Gasteiger partial charge in [-0.05, 0) is 30.3 Å². The van der Waals surface area contributed by atoms with Crippen LogP contribution in [0.25, 0.3) is 0 Å². The topological polar surface area (TPSA) is 129 Å². The van der Waals surface area contributed by atoms with Crippen molar-refractivity contribution in [1.82, 2.24) is 10.6 Å². The van der Waals surface area contributed by atoms with E-state index in [1.807, 2.05) is 91.0 Å². The van der Waals surface area contributed by atoms with E-state index in [4.69, 9.17) is 4.74 Å². The third kappa shape index (κ3) is 8.78. The first kappa shape index (κ1) is 28.5. The molecule has 200 valence electrons. The summed E-state index contributed by atoms with van der Waals surface area (Å²) in [5.41, 5.74) is 2.43. The molecule has 9 nitrogen and oxygen atoms in total. The Hall–Kier alpha value is -5.05. The highest BCUT2D eigenvalue weighted by Gasteiger charge is 2.20. The second kappa shape index (κ2) is 14.6. The number of hydrogen-bond acceptors (Lipinski definition) is 6. The number of aliphatic hydroxyl groups excluding tert-OH is 1. The number of benzene rings is 3. The van der Waals surface area contributed by atoms with Crippen molar-refractivity contribution in [2.45, 2.75) is 26.0 Å². The molecule has 3 rings (SSSR count). The first-order valence-electron chi connectivity index (χ1n) is 12.2. The molecule has 0 aliphatic rings. The first-order valence-corrected chi connectivity index (χ1v) is 12.2. The Kier molecular flexibility index (Phi) is 10.7. The number of carbonyl (C=O) groups excluding carboxylic acids is 3. The van der Waals surface area contributed by atoms with E-state index in [0.29, 0.717) is 0 Å². The monoisotopic (exact) mass is 526 g/mol. The van der Waals surface area contributed by atoms with Crippen LogP contribution >= 0.6 is 0 Å². The highest BCUT2D eigenvalue weighted by atomic mass is 16.5. The summed E-state index contributed by atoms with van der Waals surface area (Å²) in [4.78, 5) is 44.7. The second-order valence-corrected chi connectivity index (χ2v) is 8.42. The summed E-state index contributed by atoms with van der Waals surface area (Å²) in [7, 11) is 0. The van der Waals surface area contributed by atoms with E-state index in [1.54, 1.807) is 0 Å². The Balaban J connectivity index is 1.61. The number of hydrogen-bond donors (Lipinski definition) is 3. The summed E-state index contributed by atoms with van der Waals surface area (Å²) in [5.74, 6) is -3.00. The summed E-state index contributed by atoms with van der Waals surface area (Å²) in [6.45, 7) is 4.77. The van der Waals surface area contributed by atoms with Gasteiger partial charge < -0.3 is 20.5 Å². The van der Waals surface area contributed by atoms with Gasteiger partial charge in [0.1, 0.15) is 6.61 Å². The maximum atomic E-state index is 13.0. The molecule has 0 atom stereocenters. The lowest BCUT2D eigenvalue weighted by atomic mass is 9.98. The molecule has 0 aliphatic heterocycles. The quantitative estimate of drug-likeness (QED) is 0.121. The van der Waals surface area contributed by atoms with Gasteiger partial charge in [-0.15, -0.1) is 0 Å². The van der Waals surface area contributed by atoms with Gasteiger partial charge in [0.15, 0.2) is 0 Å². The predicted molar refractivity (Wildman–Crippen MR) is 149 cm³/mol. The number of aliphatic imine (C=N–C) groups is 2. The number of nitrogens with zero attached hydrogens (tertiary/aromatic N) is 2. The molecule has 0 bridgehead atoms. The van der Waals surface area contributed by atoms with E-state index in [-0.39, 0.29) is 25.1 Å². The number of ether oxygens (including phenoxy) is 1. The average Bonchev–Trinajstić information content (AvgIpc) is 2.98. The number of nitrogens with one attached hydrogen (secondary N) is 2. The second-order valence-electron chi connectivity index (χ2n) is 8.42. The van der Waals surface area contributed by atoms with Gasteiger partial charge in [-0.3, -0.25) is 14.4 Å². The Morgan fingerprint density at radius 2 is 1.41 bits per heavy atom. The lowest BCUT2D eigenvalue weighted by Crippen LogP contribution is -2.32. The van der Waals surface area contributed by atoms with Crippen LogP contribution in [0.3, 0.4) is 0 Å². The van der Waals surface area contributed by atoms with Crippen LogP contribution in [0.2, 0.25) is 0 Å². The average molecular weight is 527 g/mol. The van der Waals surface area contributed by atoms with Crippen LogP contribution in [0.4, 0.5) is 0 Å². The molecule has 3 aromatic carbocycles. The van der Waals surface area contributed by atoms with Gasteiger partial charge >= 0.3 is 5.97 Å². The molecule has 2 amide bonds. The molecule has 0 unspecified atom stereocenters. The molecule has 0 aliphatic carbocycles. The number of rotatable bonds is 10. The molecule has 0 heterocycles. The molecule has 0 radical (unpaired) electrons. The minimum Gasteiger partial charge on any atom is -0.493 e. The predicted octanol–water partition coefficient (Wildman–Crippen LogP) is 4.03. The lowest BCUT2D eigenvalue weighted by molar-refractivity contribution is -0.144. The maximum absolute atomic E-state index is 13.0. The van der Waals surface area contributed by atoms with Crippen molar-refractivity contribution in [3.8, 4) is 0 Å². The minimum absolute atomic E-state index is 0.0409. The van der Waals surface area contributed by atoms with Crippen LogP contribution < -0.4 is 10.6 Å². The van der Waals surface area contributed by atoms with Crippen molar-refractivity contribution >= 4 is 30.3 Å². The fourth-order valence-electron chi connectivity index (χ4n) is 3.50. The Morgan fingerprint density at radius 3 is 1.95 bits per heavy atom. The summed E-state index contributed by atoms with van der Waals surface area (Å²) in [5, 5.41) is 15.8. The summed E-state index contributed by atoms with van der Waals surface area (Å²) in [6.07, 6.45) is -0.0768. The van der Waals surface area contributed by atoms with E-state index < -0.39 is 35.5 Å². The number of aliphatic hydroxyl groups is 1. The summed E-state index contributed by atoms with van der Waals surface area (Å²) in [6, 6.07) is 27.5. The molecule has 0 spiro atoms. The normalized spacial score (nSPS) is 11.8. The number of carbonyl (C=O) groups is 3. The fraction of sp³-hybridized carbons (Fsp3) is 0.167. The molecule has 0 saturated heterocycles. The number of amides is 2. The van der Waals surface area contributed by atoms with Gasteiger partial charge in [0.25, 0.3) is 11.8 Å². The van der Waals surface area contributed by atoms with Crippen molar-refractivity contribution in [1.29, 1.82) is 0 Å². The lowest BCUT2D eigenvalue weighted by Gasteiger charge is -2.20. The Morgan fingerprint density at radius 1 is 0.872 bits per heavy atom. The van der Waals surface area contributed by atoms with Gasteiger partial charge in [-0.25, -0.2) is 4.99 Å². The molecule has 3 aromatic rings. The largest absolute Gasteiger partial charge is 0.493 e. The molecule has 9 heteroatoms. The molecule has 0 aromatic heterocycles. The van der Waals surface area contributed by atoms with Crippen molar-refractivity contribution < 1.29 is 24.2 Å². The van der Waals surface area contributed by atoms with Crippen molar-refractivity contribution in [2.24, 2.45) is 9.98 Å². The van der Waals surface area contributed by atoms with Crippen LogP contribution in [0, 0.1) is 0 Å². The third-order valence-corrected chi connectivity index (χ3v) is 5.64. The Bertz CT molecular complexity index is 1300. The van der Waals surface area contributed by atoms with Gasteiger partial charge in [0.05, 0.1) is 18.0 Å². The first-order chi connectivity index (χ1) is 18.9. The SMILES string of the molecule is C=N/C(=N\C(O)=C(/C)C(=O)NC(c1ccccc1)c1ccccc1)C(=O)NCCC(=O)OCc1ccccc1. The summed E-state index contributed by atoms with van der Waals surface area (Å²) >= 11 is 0. The van der Waals surface area contributed by atoms with E-state index in [2.05, 4.69) is 27.3 Å². The Labute approximate surface area is 227 Å². The molecule has 0 fully saturated rings. The van der Waals surface area contributed by atoms with Crippen LogP contribution in [0.5, 0.6) is 0 Å². The zero-order valence-electron chi connectivity index (χ0n) is 21.5. The highest BCUT2D eigenvalue weighted by molar-refractivity contribution is 6.39. The van der Waals surface area contributed by atoms with Crippen molar-refractivity contribution in [3.63, 3.8) is 0 Å². The van der Waals surface area contributed by atoms with Gasteiger partial charge in [0.2, 0.25) is 11.7 Å².